The molecular formula is C18H23NO4. The van der Waals surface area contributed by atoms with Crippen LogP contribution >= 0.6 is 0 Å². The first-order valence-corrected chi connectivity index (χ1v) is 8.11. The topological polar surface area (TPSA) is 66.8 Å². The van der Waals surface area contributed by atoms with Crippen molar-refractivity contribution in [3.05, 3.63) is 28.8 Å². The van der Waals surface area contributed by atoms with Gasteiger partial charge in [-0.2, -0.15) is 0 Å². The second-order valence-electron chi connectivity index (χ2n) is 6.87. The Labute approximate surface area is 136 Å². The summed E-state index contributed by atoms with van der Waals surface area (Å²) in [6, 6.07) is 3.92. The third-order valence-electron chi connectivity index (χ3n) is 5.30. The smallest absolute Gasteiger partial charge is 0.349 e. The highest BCUT2D eigenvalue weighted by atomic mass is 16.6. The van der Waals surface area contributed by atoms with Gasteiger partial charge in [0.15, 0.2) is 0 Å². The van der Waals surface area contributed by atoms with E-state index in [0.29, 0.717) is 6.54 Å². The first-order chi connectivity index (χ1) is 10.8. The molecule has 0 saturated carbocycles. The number of amides is 1. The molecule has 2 heterocycles. The van der Waals surface area contributed by atoms with Gasteiger partial charge in [-0.1, -0.05) is 26.0 Å². The Balaban J connectivity index is 2.28. The Hall–Kier alpha value is -1.88. The van der Waals surface area contributed by atoms with Crippen LogP contribution in [0.4, 0.5) is 5.69 Å². The van der Waals surface area contributed by atoms with Crippen LogP contribution in [0.2, 0.25) is 0 Å². The molecular weight excluding hydrogens is 294 g/mol. The maximum atomic E-state index is 13.0. The molecule has 0 bridgehead atoms. The fourth-order valence-electron chi connectivity index (χ4n) is 3.83. The molecule has 0 fully saturated rings. The molecule has 5 heteroatoms. The zero-order chi connectivity index (χ0) is 17.0. The summed E-state index contributed by atoms with van der Waals surface area (Å²) in [4.78, 5) is 27.1. The van der Waals surface area contributed by atoms with E-state index in [0.717, 1.165) is 35.2 Å². The van der Waals surface area contributed by atoms with Crippen LogP contribution in [0.25, 0.3) is 0 Å². The van der Waals surface area contributed by atoms with Gasteiger partial charge in [-0.15, -0.1) is 0 Å². The van der Waals surface area contributed by atoms with E-state index in [9.17, 15) is 14.7 Å². The Morgan fingerprint density at radius 2 is 2.09 bits per heavy atom. The molecule has 0 spiro atoms. The molecule has 0 aliphatic carbocycles. The number of benzene rings is 1. The van der Waals surface area contributed by atoms with Crippen molar-refractivity contribution in [2.75, 3.05) is 18.1 Å². The summed E-state index contributed by atoms with van der Waals surface area (Å²) >= 11 is 0. The van der Waals surface area contributed by atoms with Crippen LogP contribution < -0.4 is 4.90 Å². The maximum absolute atomic E-state index is 13.0. The first-order valence-electron chi connectivity index (χ1n) is 8.11. The molecule has 1 atom stereocenters. The molecule has 1 aromatic carbocycles. The number of hydrogen-bond acceptors (Lipinski definition) is 4. The standard InChI is InChI=1S/C18H23NO4/c1-5-23-16(21)18(22)15(20)19-10-6-7-12-11(2)8-9-13(14(12)19)17(18,3)4/h8-9,22H,5-7,10H2,1-4H3. The molecule has 3 rings (SSSR count). The van der Waals surface area contributed by atoms with Crippen molar-refractivity contribution >= 4 is 17.6 Å². The van der Waals surface area contributed by atoms with Crippen molar-refractivity contribution in [3.8, 4) is 0 Å². The van der Waals surface area contributed by atoms with Crippen LogP contribution in [0, 0.1) is 6.92 Å². The van der Waals surface area contributed by atoms with Crippen LogP contribution in [-0.2, 0) is 26.2 Å². The number of carbonyl (C=O) groups excluding carboxylic acids is 2. The van der Waals surface area contributed by atoms with E-state index < -0.39 is 22.9 Å². The number of aliphatic hydroxyl groups is 1. The third-order valence-corrected chi connectivity index (χ3v) is 5.30. The molecule has 0 aromatic heterocycles. The predicted octanol–water partition coefficient (Wildman–Crippen LogP) is 1.86. The predicted molar refractivity (Wildman–Crippen MR) is 86.5 cm³/mol. The lowest BCUT2D eigenvalue weighted by Gasteiger charge is -2.50. The van der Waals surface area contributed by atoms with Gasteiger partial charge in [0.25, 0.3) is 11.5 Å². The number of carbonyl (C=O) groups is 2. The number of hydrogen-bond donors (Lipinski definition) is 1. The van der Waals surface area contributed by atoms with Gasteiger partial charge in [-0.05, 0) is 43.4 Å². The molecule has 1 amide bonds. The van der Waals surface area contributed by atoms with Crippen molar-refractivity contribution in [3.63, 3.8) is 0 Å². The molecule has 1 aromatic rings. The van der Waals surface area contributed by atoms with Crippen LogP contribution in [0.1, 0.15) is 43.9 Å². The van der Waals surface area contributed by atoms with E-state index in [1.807, 2.05) is 19.1 Å². The largest absolute Gasteiger partial charge is 0.463 e. The number of aryl methyl sites for hydroxylation is 1. The van der Waals surface area contributed by atoms with E-state index >= 15 is 0 Å². The van der Waals surface area contributed by atoms with Gasteiger partial charge in [0.05, 0.1) is 12.3 Å². The minimum absolute atomic E-state index is 0.122. The van der Waals surface area contributed by atoms with Gasteiger partial charge >= 0.3 is 5.97 Å². The van der Waals surface area contributed by atoms with Crippen molar-refractivity contribution in [2.45, 2.75) is 51.6 Å². The minimum Gasteiger partial charge on any atom is -0.463 e. The van der Waals surface area contributed by atoms with Crippen LogP contribution in [0.3, 0.4) is 0 Å². The number of anilines is 1. The lowest BCUT2D eigenvalue weighted by molar-refractivity contribution is -0.178. The number of ether oxygens (including phenoxy) is 1. The van der Waals surface area contributed by atoms with Gasteiger partial charge in [0.2, 0.25) is 0 Å². The van der Waals surface area contributed by atoms with Gasteiger partial charge in [0.1, 0.15) is 0 Å². The number of nitrogens with zero attached hydrogens (tertiary/aromatic N) is 1. The summed E-state index contributed by atoms with van der Waals surface area (Å²) in [5.41, 5.74) is 0.731. The summed E-state index contributed by atoms with van der Waals surface area (Å²) in [5, 5.41) is 11.1. The Morgan fingerprint density at radius 1 is 1.39 bits per heavy atom. The van der Waals surface area contributed by atoms with Crippen molar-refractivity contribution in [2.24, 2.45) is 0 Å². The molecule has 124 valence electrons. The van der Waals surface area contributed by atoms with Crippen LogP contribution in [0.5, 0.6) is 0 Å². The Morgan fingerprint density at radius 3 is 2.74 bits per heavy atom. The summed E-state index contributed by atoms with van der Waals surface area (Å²) in [6.45, 7) is 7.80. The monoisotopic (exact) mass is 317 g/mol. The summed E-state index contributed by atoms with van der Waals surface area (Å²) in [5.74, 6) is -1.44. The number of esters is 1. The van der Waals surface area contributed by atoms with E-state index in [1.165, 1.54) is 0 Å². The fourth-order valence-corrected chi connectivity index (χ4v) is 3.83. The van der Waals surface area contributed by atoms with Crippen molar-refractivity contribution in [1.29, 1.82) is 0 Å². The second-order valence-corrected chi connectivity index (χ2v) is 6.87. The maximum Gasteiger partial charge on any atom is 0.349 e. The molecule has 23 heavy (non-hydrogen) atoms. The molecule has 1 unspecified atom stereocenters. The Bertz CT molecular complexity index is 695. The zero-order valence-electron chi connectivity index (χ0n) is 14.1. The summed E-state index contributed by atoms with van der Waals surface area (Å²) < 4.78 is 5.03. The first kappa shape index (κ1) is 16.0. The molecule has 0 saturated heterocycles. The van der Waals surface area contributed by atoms with Crippen LogP contribution in [-0.4, -0.2) is 35.7 Å². The van der Waals surface area contributed by atoms with E-state index in [4.69, 9.17) is 4.74 Å². The zero-order valence-corrected chi connectivity index (χ0v) is 14.1. The summed E-state index contributed by atoms with van der Waals surface area (Å²) in [7, 11) is 0. The second kappa shape index (κ2) is 5.06. The molecule has 2 aliphatic heterocycles. The Kier molecular flexibility index (Phi) is 3.52. The molecule has 1 N–H and O–H groups in total. The van der Waals surface area contributed by atoms with Gasteiger partial charge in [-0.25, -0.2) is 4.79 Å². The highest BCUT2D eigenvalue weighted by Crippen LogP contribution is 2.50. The van der Waals surface area contributed by atoms with Crippen molar-refractivity contribution < 1.29 is 19.4 Å². The quantitative estimate of drug-likeness (QED) is 0.668. The lowest BCUT2D eigenvalue weighted by atomic mass is 9.64. The molecule has 5 nitrogen and oxygen atoms in total. The normalized spacial score (nSPS) is 25.1. The van der Waals surface area contributed by atoms with Crippen LogP contribution in [0.15, 0.2) is 12.1 Å². The SMILES string of the molecule is CCOC(=O)C1(O)C(=O)N2CCCc3c(C)ccc(c32)C1(C)C. The average molecular weight is 317 g/mol. The van der Waals surface area contributed by atoms with Crippen molar-refractivity contribution in [1.82, 2.24) is 0 Å². The fraction of sp³-hybridized carbons (Fsp3) is 0.556. The van der Waals surface area contributed by atoms with Gasteiger partial charge in [0, 0.05) is 12.0 Å². The molecule has 2 aliphatic rings. The average Bonchev–Trinajstić information content (AvgIpc) is 2.52. The highest BCUT2D eigenvalue weighted by Gasteiger charge is 2.63. The third kappa shape index (κ3) is 1.89. The van der Waals surface area contributed by atoms with E-state index in [2.05, 4.69) is 0 Å². The lowest BCUT2D eigenvalue weighted by Crippen LogP contribution is -2.68. The number of rotatable bonds is 2. The van der Waals surface area contributed by atoms with Gasteiger partial charge in [-0.3, -0.25) is 4.79 Å². The summed E-state index contributed by atoms with van der Waals surface area (Å²) in [6.07, 6.45) is 1.73. The molecule has 0 radical (unpaired) electrons. The highest BCUT2D eigenvalue weighted by molar-refractivity contribution is 6.17. The van der Waals surface area contributed by atoms with Gasteiger partial charge < -0.3 is 14.7 Å². The van der Waals surface area contributed by atoms with E-state index in [1.54, 1.807) is 25.7 Å². The minimum atomic E-state index is -2.19. The van der Waals surface area contributed by atoms with E-state index in [-0.39, 0.29) is 6.61 Å².